The second-order valence-electron chi connectivity index (χ2n) is 3.59. The van der Waals surface area contributed by atoms with E-state index in [1.54, 1.807) is 0 Å². The predicted octanol–water partition coefficient (Wildman–Crippen LogP) is 0.424. The summed E-state index contributed by atoms with van der Waals surface area (Å²) >= 11 is 0. The standard InChI is InChI=1S/C11H12N2O6/c1-19-6-8(11(15)16)12-10(14)7-4-2-3-5-9(7)13(17)18/h2-5,8H,6H2,1H3,(H,12,14)(H,15,16). The molecule has 0 aromatic heterocycles. The zero-order valence-corrected chi connectivity index (χ0v) is 10.0. The number of nitrogens with zero attached hydrogens (tertiary/aromatic N) is 1. The lowest BCUT2D eigenvalue weighted by Gasteiger charge is -2.13. The topological polar surface area (TPSA) is 119 Å². The Balaban J connectivity index is 2.94. The molecule has 1 aromatic rings. The van der Waals surface area contributed by atoms with Gasteiger partial charge >= 0.3 is 5.97 Å². The number of carboxylic acid groups (broad SMARTS) is 1. The molecule has 0 spiro atoms. The third-order valence-corrected chi connectivity index (χ3v) is 2.28. The largest absolute Gasteiger partial charge is 0.480 e. The number of ether oxygens (including phenoxy) is 1. The van der Waals surface area contributed by atoms with Gasteiger partial charge in [-0.1, -0.05) is 12.1 Å². The van der Waals surface area contributed by atoms with Crippen molar-refractivity contribution in [3.05, 3.63) is 39.9 Å². The van der Waals surface area contributed by atoms with Crippen LogP contribution < -0.4 is 5.32 Å². The zero-order valence-electron chi connectivity index (χ0n) is 10.0. The minimum atomic E-state index is -1.28. The fourth-order valence-corrected chi connectivity index (χ4v) is 1.40. The van der Waals surface area contributed by atoms with Crippen LogP contribution in [0.1, 0.15) is 10.4 Å². The van der Waals surface area contributed by atoms with E-state index < -0.39 is 22.8 Å². The molecular weight excluding hydrogens is 256 g/mol. The third-order valence-electron chi connectivity index (χ3n) is 2.28. The zero-order chi connectivity index (χ0) is 14.4. The first-order valence-corrected chi connectivity index (χ1v) is 5.23. The number of nitrogens with one attached hydrogen (secondary N) is 1. The van der Waals surface area contributed by atoms with Gasteiger partial charge < -0.3 is 15.2 Å². The van der Waals surface area contributed by atoms with Gasteiger partial charge in [0.25, 0.3) is 11.6 Å². The molecule has 0 fully saturated rings. The van der Waals surface area contributed by atoms with Crippen molar-refractivity contribution in [1.82, 2.24) is 5.32 Å². The summed E-state index contributed by atoms with van der Waals surface area (Å²) in [6, 6.07) is 4.02. The molecule has 0 saturated carbocycles. The number of para-hydroxylation sites is 1. The monoisotopic (exact) mass is 268 g/mol. The van der Waals surface area contributed by atoms with Crippen molar-refractivity contribution < 1.29 is 24.4 Å². The van der Waals surface area contributed by atoms with Crippen LogP contribution in [0.15, 0.2) is 24.3 Å². The highest BCUT2D eigenvalue weighted by molar-refractivity contribution is 5.99. The number of nitro groups is 1. The third kappa shape index (κ3) is 3.75. The number of carbonyl (C=O) groups excluding carboxylic acids is 1. The lowest BCUT2D eigenvalue weighted by Crippen LogP contribution is -2.43. The highest BCUT2D eigenvalue weighted by Crippen LogP contribution is 2.17. The summed E-state index contributed by atoms with van der Waals surface area (Å²) in [5.74, 6) is -2.12. The molecule has 1 atom stereocenters. The van der Waals surface area contributed by atoms with Crippen LogP contribution in [0.3, 0.4) is 0 Å². The molecule has 0 saturated heterocycles. The van der Waals surface area contributed by atoms with Gasteiger partial charge in [0.05, 0.1) is 11.5 Å². The highest BCUT2D eigenvalue weighted by Gasteiger charge is 2.24. The minimum Gasteiger partial charge on any atom is -0.480 e. The quantitative estimate of drug-likeness (QED) is 0.570. The maximum Gasteiger partial charge on any atom is 0.328 e. The predicted molar refractivity (Wildman–Crippen MR) is 63.9 cm³/mol. The van der Waals surface area contributed by atoms with E-state index in [2.05, 4.69) is 10.1 Å². The van der Waals surface area contributed by atoms with E-state index in [9.17, 15) is 19.7 Å². The molecule has 8 heteroatoms. The van der Waals surface area contributed by atoms with Crippen LogP contribution in [-0.4, -0.2) is 41.7 Å². The van der Waals surface area contributed by atoms with E-state index >= 15 is 0 Å². The van der Waals surface area contributed by atoms with Crippen LogP contribution in [0.25, 0.3) is 0 Å². The van der Waals surface area contributed by atoms with E-state index in [0.29, 0.717) is 0 Å². The van der Waals surface area contributed by atoms with Crippen LogP contribution in [0.5, 0.6) is 0 Å². The summed E-state index contributed by atoms with van der Waals surface area (Å²) in [6.45, 7) is -0.234. The average molecular weight is 268 g/mol. The molecule has 0 aliphatic heterocycles. The Morgan fingerprint density at radius 3 is 2.63 bits per heavy atom. The van der Waals surface area contributed by atoms with Gasteiger partial charge in [-0.05, 0) is 6.07 Å². The molecule has 1 unspecified atom stereocenters. The van der Waals surface area contributed by atoms with Crippen LogP contribution in [-0.2, 0) is 9.53 Å². The summed E-state index contributed by atoms with van der Waals surface area (Å²) in [6.07, 6.45) is 0. The highest BCUT2D eigenvalue weighted by atomic mass is 16.6. The Bertz CT molecular complexity index is 502. The lowest BCUT2D eigenvalue weighted by molar-refractivity contribution is -0.385. The number of amides is 1. The summed E-state index contributed by atoms with van der Waals surface area (Å²) in [5.41, 5.74) is -0.587. The summed E-state index contributed by atoms with van der Waals surface area (Å²) < 4.78 is 4.65. The van der Waals surface area contributed by atoms with E-state index in [0.717, 1.165) is 0 Å². The van der Waals surface area contributed by atoms with E-state index in [1.807, 2.05) is 0 Å². The number of hydrogen-bond donors (Lipinski definition) is 2. The van der Waals surface area contributed by atoms with Gasteiger partial charge in [0.2, 0.25) is 0 Å². The van der Waals surface area contributed by atoms with Crippen molar-refractivity contribution in [3.8, 4) is 0 Å². The van der Waals surface area contributed by atoms with Crippen molar-refractivity contribution in [2.24, 2.45) is 0 Å². The fraction of sp³-hybridized carbons (Fsp3) is 0.273. The van der Waals surface area contributed by atoms with Crippen LogP contribution in [0, 0.1) is 10.1 Å². The number of aliphatic carboxylic acids is 1. The molecule has 0 bridgehead atoms. The van der Waals surface area contributed by atoms with Crippen molar-refractivity contribution in [2.45, 2.75) is 6.04 Å². The molecule has 2 N–H and O–H groups in total. The SMILES string of the molecule is COCC(NC(=O)c1ccccc1[N+](=O)[O-])C(=O)O. The van der Waals surface area contributed by atoms with Gasteiger partial charge in [-0.15, -0.1) is 0 Å². The average Bonchev–Trinajstić information content (AvgIpc) is 2.37. The van der Waals surface area contributed by atoms with Crippen LogP contribution in [0.2, 0.25) is 0 Å². The van der Waals surface area contributed by atoms with E-state index in [4.69, 9.17) is 5.11 Å². The molecule has 1 amide bonds. The molecule has 19 heavy (non-hydrogen) atoms. The molecule has 0 aliphatic rings. The number of methoxy groups -OCH3 is 1. The second-order valence-corrected chi connectivity index (χ2v) is 3.59. The molecule has 1 rings (SSSR count). The number of carboxylic acids is 1. The Morgan fingerprint density at radius 1 is 1.47 bits per heavy atom. The fourth-order valence-electron chi connectivity index (χ4n) is 1.40. The maximum absolute atomic E-state index is 11.8. The molecular formula is C11H12N2O6. The molecule has 8 nitrogen and oxygen atoms in total. The van der Waals surface area contributed by atoms with Crippen molar-refractivity contribution in [3.63, 3.8) is 0 Å². The molecule has 0 radical (unpaired) electrons. The molecule has 0 heterocycles. The first-order valence-electron chi connectivity index (χ1n) is 5.23. The summed E-state index contributed by atoms with van der Waals surface area (Å²) in [4.78, 5) is 32.7. The Labute approximate surface area is 108 Å². The lowest BCUT2D eigenvalue weighted by atomic mass is 10.1. The van der Waals surface area contributed by atoms with E-state index in [-0.39, 0.29) is 17.9 Å². The van der Waals surface area contributed by atoms with Gasteiger partial charge in [0.1, 0.15) is 5.56 Å². The van der Waals surface area contributed by atoms with Crippen molar-refractivity contribution in [2.75, 3.05) is 13.7 Å². The Kier molecular flexibility index (Phi) is 4.95. The number of nitro benzene ring substituents is 1. The summed E-state index contributed by atoms with van der Waals surface area (Å²) in [7, 11) is 1.28. The van der Waals surface area contributed by atoms with Crippen molar-refractivity contribution >= 4 is 17.6 Å². The number of benzene rings is 1. The van der Waals surface area contributed by atoms with Crippen LogP contribution >= 0.6 is 0 Å². The summed E-state index contributed by atoms with van der Waals surface area (Å²) in [5, 5.41) is 21.8. The molecule has 1 aromatic carbocycles. The first kappa shape index (κ1) is 14.6. The van der Waals surface area contributed by atoms with Crippen LogP contribution in [0.4, 0.5) is 5.69 Å². The second kappa shape index (κ2) is 6.45. The van der Waals surface area contributed by atoms with Gasteiger partial charge in [-0.3, -0.25) is 14.9 Å². The van der Waals surface area contributed by atoms with Gasteiger partial charge in [-0.2, -0.15) is 0 Å². The first-order chi connectivity index (χ1) is 8.97. The Morgan fingerprint density at radius 2 is 2.11 bits per heavy atom. The van der Waals surface area contributed by atoms with Gasteiger partial charge in [-0.25, -0.2) is 4.79 Å². The van der Waals surface area contributed by atoms with Crippen molar-refractivity contribution in [1.29, 1.82) is 0 Å². The number of rotatable bonds is 6. The number of carbonyl (C=O) groups is 2. The maximum atomic E-state index is 11.8. The minimum absolute atomic E-state index is 0.199. The normalized spacial score (nSPS) is 11.6. The molecule has 102 valence electrons. The molecule has 0 aliphatic carbocycles. The van der Waals surface area contributed by atoms with Gasteiger partial charge in [0, 0.05) is 13.2 Å². The smallest absolute Gasteiger partial charge is 0.328 e. The van der Waals surface area contributed by atoms with E-state index in [1.165, 1.54) is 31.4 Å². The Hall–Kier alpha value is -2.48. The number of hydrogen-bond acceptors (Lipinski definition) is 5. The van der Waals surface area contributed by atoms with Gasteiger partial charge in [0.15, 0.2) is 6.04 Å².